The number of nitrogens with one attached hydrogen (secondary N) is 1. The Hall–Kier alpha value is -1.32. The second-order valence-electron chi connectivity index (χ2n) is 5.32. The van der Waals surface area contributed by atoms with Crippen molar-refractivity contribution in [3.63, 3.8) is 0 Å². The molecule has 1 aromatic carbocycles. The molecule has 1 aromatic heterocycles. The minimum absolute atomic E-state index is 0.498. The van der Waals surface area contributed by atoms with Crippen LogP contribution in [0.2, 0.25) is 10.0 Å². The van der Waals surface area contributed by atoms with Crippen molar-refractivity contribution in [2.75, 3.05) is 11.9 Å². The lowest BCUT2D eigenvalue weighted by molar-refractivity contribution is 0.911. The van der Waals surface area contributed by atoms with Crippen molar-refractivity contribution in [1.82, 2.24) is 9.97 Å². The van der Waals surface area contributed by atoms with Gasteiger partial charge in [-0.2, -0.15) is 0 Å². The molecule has 1 N–H and O–H groups in total. The smallest absolute Gasteiger partial charge is 0.134 e. The molecule has 1 aliphatic rings. The second kappa shape index (κ2) is 6.20. The van der Waals surface area contributed by atoms with Gasteiger partial charge < -0.3 is 5.32 Å². The first-order valence-corrected chi connectivity index (χ1v) is 8.01. The number of hydrogen-bond donors (Lipinski definition) is 1. The minimum atomic E-state index is 0.498. The molecular weight excluding hydrogens is 305 g/mol. The molecule has 110 valence electrons. The summed E-state index contributed by atoms with van der Waals surface area (Å²) in [7, 11) is 0. The van der Waals surface area contributed by atoms with Gasteiger partial charge >= 0.3 is 0 Å². The average molecular weight is 322 g/mol. The first-order valence-electron chi connectivity index (χ1n) is 7.25. The van der Waals surface area contributed by atoms with Gasteiger partial charge in [0.15, 0.2) is 0 Å². The van der Waals surface area contributed by atoms with Gasteiger partial charge in [0.25, 0.3) is 0 Å². The SMILES string of the molecule is CCCNc1cc(-c2ccc(Cl)cc2Cl)nc(C2CC2)n1. The molecule has 0 bridgehead atoms. The van der Waals surface area contributed by atoms with Crippen LogP contribution in [0.4, 0.5) is 5.82 Å². The number of rotatable bonds is 5. The van der Waals surface area contributed by atoms with E-state index >= 15 is 0 Å². The molecule has 1 saturated carbocycles. The Morgan fingerprint density at radius 2 is 2.00 bits per heavy atom. The summed E-state index contributed by atoms with van der Waals surface area (Å²) < 4.78 is 0. The summed E-state index contributed by atoms with van der Waals surface area (Å²) in [5.74, 6) is 2.28. The number of hydrogen-bond acceptors (Lipinski definition) is 3. The zero-order valence-corrected chi connectivity index (χ0v) is 13.4. The summed E-state index contributed by atoms with van der Waals surface area (Å²) in [5, 5.41) is 4.58. The van der Waals surface area contributed by atoms with Crippen LogP contribution in [0.3, 0.4) is 0 Å². The lowest BCUT2D eigenvalue weighted by atomic mass is 10.1. The second-order valence-corrected chi connectivity index (χ2v) is 6.17. The van der Waals surface area contributed by atoms with Gasteiger partial charge in [-0.05, 0) is 37.5 Å². The molecule has 0 unspecified atom stereocenters. The van der Waals surface area contributed by atoms with Crippen LogP contribution in [0, 0.1) is 0 Å². The monoisotopic (exact) mass is 321 g/mol. The van der Waals surface area contributed by atoms with E-state index in [1.54, 1.807) is 6.07 Å². The van der Waals surface area contributed by atoms with E-state index in [9.17, 15) is 0 Å². The van der Waals surface area contributed by atoms with Crippen LogP contribution in [0.25, 0.3) is 11.3 Å². The minimum Gasteiger partial charge on any atom is -0.370 e. The third kappa shape index (κ3) is 3.47. The zero-order chi connectivity index (χ0) is 14.8. The van der Waals surface area contributed by atoms with Crippen LogP contribution in [-0.4, -0.2) is 16.5 Å². The van der Waals surface area contributed by atoms with Crippen molar-refractivity contribution >= 4 is 29.0 Å². The average Bonchev–Trinajstić information content (AvgIpc) is 3.29. The molecular formula is C16H17Cl2N3. The largest absolute Gasteiger partial charge is 0.370 e. The molecule has 0 spiro atoms. The topological polar surface area (TPSA) is 37.8 Å². The third-order valence-corrected chi connectivity index (χ3v) is 4.00. The fourth-order valence-electron chi connectivity index (χ4n) is 2.17. The van der Waals surface area contributed by atoms with E-state index in [-0.39, 0.29) is 0 Å². The Kier molecular flexibility index (Phi) is 4.32. The van der Waals surface area contributed by atoms with Crippen molar-refractivity contribution in [3.8, 4) is 11.3 Å². The molecule has 0 saturated heterocycles. The molecule has 5 heteroatoms. The Morgan fingerprint density at radius 1 is 1.19 bits per heavy atom. The van der Waals surface area contributed by atoms with E-state index in [1.165, 1.54) is 12.8 Å². The van der Waals surface area contributed by atoms with Crippen molar-refractivity contribution in [2.45, 2.75) is 32.1 Å². The molecule has 0 aliphatic heterocycles. The summed E-state index contributed by atoms with van der Waals surface area (Å²) in [6.45, 7) is 3.03. The van der Waals surface area contributed by atoms with Crippen LogP contribution in [0.15, 0.2) is 24.3 Å². The standard InChI is InChI=1S/C16H17Cl2N3/c1-2-7-19-15-9-14(20-16(21-15)10-3-4-10)12-6-5-11(17)8-13(12)18/h5-6,8-10H,2-4,7H2,1H3,(H,19,20,21). The van der Waals surface area contributed by atoms with E-state index in [0.29, 0.717) is 16.0 Å². The van der Waals surface area contributed by atoms with Gasteiger partial charge in [-0.1, -0.05) is 30.1 Å². The summed E-state index contributed by atoms with van der Waals surface area (Å²) >= 11 is 12.3. The highest BCUT2D eigenvalue weighted by atomic mass is 35.5. The molecule has 1 aliphatic carbocycles. The van der Waals surface area contributed by atoms with Gasteiger partial charge in [-0.3, -0.25) is 0 Å². The Morgan fingerprint density at radius 3 is 2.67 bits per heavy atom. The quantitative estimate of drug-likeness (QED) is 0.827. The first-order chi connectivity index (χ1) is 10.2. The predicted octanol–water partition coefficient (Wildman–Crippen LogP) is 5.15. The van der Waals surface area contributed by atoms with Crippen LogP contribution >= 0.6 is 23.2 Å². The van der Waals surface area contributed by atoms with E-state index in [1.807, 2.05) is 18.2 Å². The molecule has 1 heterocycles. The number of benzene rings is 1. The molecule has 0 atom stereocenters. The number of anilines is 1. The van der Waals surface area contributed by atoms with Gasteiger partial charge in [0.05, 0.1) is 10.7 Å². The number of halogens is 2. The first kappa shape index (κ1) is 14.6. The van der Waals surface area contributed by atoms with Gasteiger partial charge in [-0.25, -0.2) is 9.97 Å². The zero-order valence-electron chi connectivity index (χ0n) is 11.9. The lowest BCUT2D eigenvalue weighted by Crippen LogP contribution is -2.05. The number of aromatic nitrogens is 2. The summed E-state index contributed by atoms with van der Waals surface area (Å²) in [6.07, 6.45) is 3.40. The van der Waals surface area contributed by atoms with E-state index in [2.05, 4.69) is 22.2 Å². The molecule has 0 radical (unpaired) electrons. The van der Waals surface area contributed by atoms with Crippen LogP contribution in [-0.2, 0) is 0 Å². The van der Waals surface area contributed by atoms with Crippen molar-refractivity contribution < 1.29 is 0 Å². The maximum absolute atomic E-state index is 6.30. The predicted molar refractivity (Wildman–Crippen MR) is 88.2 cm³/mol. The van der Waals surface area contributed by atoms with Gasteiger partial charge in [0.1, 0.15) is 11.6 Å². The van der Waals surface area contributed by atoms with Gasteiger partial charge in [0.2, 0.25) is 0 Å². The van der Waals surface area contributed by atoms with E-state index < -0.39 is 0 Å². The van der Waals surface area contributed by atoms with Crippen LogP contribution in [0.1, 0.15) is 37.9 Å². The Labute approximate surface area is 134 Å². The molecule has 3 nitrogen and oxygen atoms in total. The molecule has 1 fully saturated rings. The van der Waals surface area contributed by atoms with Crippen LogP contribution < -0.4 is 5.32 Å². The molecule has 2 aromatic rings. The van der Waals surface area contributed by atoms with Gasteiger partial charge in [0, 0.05) is 29.1 Å². The summed E-state index contributed by atoms with van der Waals surface area (Å²) in [4.78, 5) is 9.30. The number of nitrogens with zero attached hydrogens (tertiary/aromatic N) is 2. The maximum atomic E-state index is 6.30. The Bertz CT molecular complexity index is 654. The van der Waals surface area contributed by atoms with Gasteiger partial charge in [-0.15, -0.1) is 0 Å². The van der Waals surface area contributed by atoms with Crippen molar-refractivity contribution in [1.29, 1.82) is 0 Å². The van der Waals surface area contributed by atoms with Crippen molar-refractivity contribution in [3.05, 3.63) is 40.1 Å². The highest BCUT2D eigenvalue weighted by Gasteiger charge is 2.27. The highest BCUT2D eigenvalue weighted by Crippen LogP contribution is 2.40. The highest BCUT2D eigenvalue weighted by molar-refractivity contribution is 6.36. The fraction of sp³-hybridized carbons (Fsp3) is 0.375. The molecule has 21 heavy (non-hydrogen) atoms. The summed E-state index contributed by atoms with van der Waals surface area (Å²) in [6, 6.07) is 7.45. The molecule has 0 amide bonds. The van der Waals surface area contributed by atoms with E-state index in [4.69, 9.17) is 23.2 Å². The fourth-order valence-corrected chi connectivity index (χ4v) is 2.67. The van der Waals surface area contributed by atoms with Crippen LogP contribution in [0.5, 0.6) is 0 Å². The lowest BCUT2D eigenvalue weighted by Gasteiger charge is -2.10. The summed E-state index contributed by atoms with van der Waals surface area (Å²) in [5.41, 5.74) is 1.75. The maximum Gasteiger partial charge on any atom is 0.134 e. The van der Waals surface area contributed by atoms with Crippen molar-refractivity contribution in [2.24, 2.45) is 0 Å². The Balaban J connectivity index is 2.01. The van der Waals surface area contributed by atoms with E-state index in [0.717, 1.165) is 35.9 Å². The molecule has 3 rings (SSSR count). The normalized spacial score (nSPS) is 14.2. The third-order valence-electron chi connectivity index (χ3n) is 3.45.